The summed E-state index contributed by atoms with van der Waals surface area (Å²) in [6, 6.07) is 0.619. The summed E-state index contributed by atoms with van der Waals surface area (Å²) in [6.07, 6.45) is 9.19. The number of hydrogen-bond acceptors (Lipinski definition) is 4. The van der Waals surface area contributed by atoms with E-state index in [-0.39, 0.29) is 5.91 Å². The van der Waals surface area contributed by atoms with Gasteiger partial charge in [0.05, 0.1) is 0 Å². The predicted octanol–water partition coefficient (Wildman–Crippen LogP) is 2.03. The zero-order valence-electron chi connectivity index (χ0n) is 11.6. The molecule has 0 spiro atoms. The molecular weight excluding hydrogens is 242 g/mol. The highest BCUT2D eigenvalue weighted by atomic mass is 16.3. The topological polar surface area (TPSA) is 67.2 Å². The normalized spacial score (nSPS) is 17.1. The van der Waals surface area contributed by atoms with E-state index in [0.29, 0.717) is 24.0 Å². The van der Waals surface area contributed by atoms with E-state index in [4.69, 9.17) is 4.42 Å². The lowest BCUT2D eigenvalue weighted by atomic mass is 10.1. The number of aromatic nitrogens is 1. The van der Waals surface area contributed by atoms with E-state index in [1.165, 1.54) is 44.9 Å². The molecular formula is C14H23N3O2. The average Bonchev–Trinajstić information content (AvgIpc) is 2.68. The average molecular weight is 265 g/mol. The summed E-state index contributed by atoms with van der Waals surface area (Å²) >= 11 is 0. The zero-order valence-corrected chi connectivity index (χ0v) is 11.6. The fourth-order valence-electron chi connectivity index (χ4n) is 2.54. The number of hydrogen-bond donors (Lipinski definition) is 2. The van der Waals surface area contributed by atoms with E-state index < -0.39 is 0 Å². The summed E-state index contributed by atoms with van der Waals surface area (Å²) in [7, 11) is 0. The lowest BCUT2D eigenvalue weighted by Gasteiger charge is -2.16. The highest BCUT2D eigenvalue weighted by Crippen LogP contribution is 2.16. The molecule has 1 saturated carbocycles. The summed E-state index contributed by atoms with van der Waals surface area (Å²) in [6.45, 7) is 3.18. The monoisotopic (exact) mass is 265 g/mol. The molecule has 1 aliphatic rings. The maximum atomic E-state index is 11.8. The van der Waals surface area contributed by atoms with Crippen LogP contribution in [-0.2, 0) is 0 Å². The second-order valence-electron chi connectivity index (χ2n) is 5.16. The molecule has 5 nitrogen and oxygen atoms in total. The molecule has 0 radical (unpaired) electrons. The number of oxazole rings is 1. The Labute approximate surface area is 114 Å². The molecule has 0 aliphatic heterocycles. The van der Waals surface area contributed by atoms with Gasteiger partial charge in [0, 0.05) is 19.1 Å². The molecule has 0 atom stereocenters. The SMILES string of the molecule is Cc1ocnc1C(=O)NCCNC1CCCCCC1. The van der Waals surface area contributed by atoms with Gasteiger partial charge in [-0.3, -0.25) is 4.79 Å². The Morgan fingerprint density at radius 2 is 2.05 bits per heavy atom. The third kappa shape index (κ3) is 4.35. The van der Waals surface area contributed by atoms with Crippen molar-refractivity contribution in [3.8, 4) is 0 Å². The fraction of sp³-hybridized carbons (Fsp3) is 0.714. The molecule has 1 amide bonds. The lowest BCUT2D eigenvalue weighted by Crippen LogP contribution is -2.37. The number of rotatable bonds is 5. The molecule has 19 heavy (non-hydrogen) atoms. The van der Waals surface area contributed by atoms with E-state index in [1.807, 2.05) is 0 Å². The quantitative estimate of drug-likeness (QED) is 0.631. The van der Waals surface area contributed by atoms with Crippen molar-refractivity contribution in [2.45, 2.75) is 51.5 Å². The van der Waals surface area contributed by atoms with Crippen molar-refractivity contribution in [1.82, 2.24) is 15.6 Å². The van der Waals surface area contributed by atoms with E-state index in [0.717, 1.165) is 6.54 Å². The van der Waals surface area contributed by atoms with Gasteiger partial charge in [0.2, 0.25) is 0 Å². The first kappa shape index (κ1) is 14.1. The minimum atomic E-state index is -0.158. The fourth-order valence-corrected chi connectivity index (χ4v) is 2.54. The Morgan fingerprint density at radius 3 is 2.68 bits per heavy atom. The van der Waals surface area contributed by atoms with Gasteiger partial charge < -0.3 is 15.1 Å². The molecule has 1 heterocycles. The van der Waals surface area contributed by atoms with Crippen LogP contribution in [0.15, 0.2) is 10.8 Å². The second-order valence-corrected chi connectivity index (χ2v) is 5.16. The van der Waals surface area contributed by atoms with Crippen LogP contribution >= 0.6 is 0 Å². The molecule has 2 rings (SSSR count). The lowest BCUT2D eigenvalue weighted by molar-refractivity contribution is 0.0947. The van der Waals surface area contributed by atoms with Crippen molar-refractivity contribution in [3.05, 3.63) is 17.8 Å². The standard InChI is InChI=1S/C14H23N3O2/c1-11-13(17-10-19-11)14(18)16-9-8-15-12-6-4-2-3-5-7-12/h10,12,15H,2-9H2,1H3,(H,16,18). The third-order valence-electron chi connectivity index (χ3n) is 3.66. The van der Waals surface area contributed by atoms with Gasteiger partial charge in [0.1, 0.15) is 5.76 Å². The zero-order chi connectivity index (χ0) is 13.5. The number of amides is 1. The van der Waals surface area contributed by atoms with Gasteiger partial charge >= 0.3 is 0 Å². The highest BCUT2D eigenvalue weighted by molar-refractivity contribution is 5.92. The van der Waals surface area contributed by atoms with Gasteiger partial charge in [-0.1, -0.05) is 25.7 Å². The summed E-state index contributed by atoms with van der Waals surface area (Å²) in [5.74, 6) is 0.406. The second kappa shape index (κ2) is 7.28. The minimum Gasteiger partial charge on any atom is -0.448 e. The molecule has 0 saturated heterocycles. The van der Waals surface area contributed by atoms with E-state index in [1.54, 1.807) is 6.92 Å². The Balaban J connectivity index is 1.64. The molecule has 2 N–H and O–H groups in total. The van der Waals surface area contributed by atoms with Crippen molar-refractivity contribution >= 4 is 5.91 Å². The van der Waals surface area contributed by atoms with Crippen LogP contribution in [0.2, 0.25) is 0 Å². The van der Waals surface area contributed by atoms with Gasteiger partial charge in [-0.2, -0.15) is 0 Å². The highest BCUT2D eigenvalue weighted by Gasteiger charge is 2.13. The number of nitrogens with one attached hydrogen (secondary N) is 2. The maximum Gasteiger partial charge on any atom is 0.273 e. The van der Waals surface area contributed by atoms with Crippen LogP contribution in [0.25, 0.3) is 0 Å². The number of carbonyl (C=O) groups is 1. The molecule has 5 heteroatoms. The predicted molar refractivity (Wildman–Crippen MR) is 73.1 cm³/mol. The van der Waals surface area contributed by atoms with Gasteiger partial charge in [-0.15, -0.1) is 0 Å². The van der Waals surface area contributed by atoms with Gasteiger partial charge in [-0.05, 0) is 19.8 Å². The molecule has 106 valence electrons. The van der Waals surface area contributed by atoms with Gasteiger partial charge in [0.15, 0.2) is 12.1 Å². The van der Waals surface area contributed by atoms with Crippen LogP contribution in [-0.4, -0.2) is 30.0 Å². The van der Waals surface area contributed by atoms with Crippen molar-refractivity contribution in [1.29, 1.82) is 0 Å². The van der Waals surface area contributed by atoms with Crippen molar-refractivity contribution in [2.75, 3.05) is 13.1 Å². The number of aryl methyl sites for hydroxylation is 1. The first-order chi connectivity index (χ1) is 9.27. The van der Waals surface area contributed by atoms with E-state index in [9.17, 15) is 4.79 Å². The Morgan fingerprint density at radius 1 is 1.32 bits per heavy atom. The van der Waals surface area contributed by atoms with Crippen LogP contribution in [0.5, 0.6) is 0 Å². The molecule has 1 fully saturated rings. The van der Waals surface area contributed by atoms with Gasteiger partial charge in [0.25, 0.3) is 5.91 Å². The first-order valence-corrected chi connectivity index (χ1v) is 7.19. The molecule has 1 aromatic heterocycles. The van der Waals surface area contributed by atoms with Crippen molar-refractivity contribution < 1.29 is 9.21 Å². The third-order valence-corrected chi connectivity index (χ3v) is 3.66. The van der Waals surface area contributed by atoms with Crippen molar-refractivity contribution in [2.24, 2.45) is 0 Å². The Kier molecular flexibility index (Phi) is 5.39. The number of nitrogens with zero attached hydrogens (tertiary/aromatic N) is 1. The molecule has 1 aliphatic carbocycles. The molecule has 1 aromatic rings. The van der Waals surface area contributed by atoms with E-state index >= 15 is 0 Å². The van der Waals surface area contributed by atoms with Crippen LogP contribution in [0.3, 0.4) is 0 Å². The van der Waals surface area contributed by atoms with E-state index in [2.05, 4.69) is 15.6 Å². The van der Waals surface area contributed by atoms with Crippen molar-refractivity contribution in [3.63, 3.8) is 0 Å². The minimum absolute atomic E-state index is 0.158. The Bertz CT molecular complexity index is 395. The summed E-state index contributed by atoms with van der Waals surface area (Å²) < 4.78 is 5.01. The van der Waals surface area contributed by atoms with Gasteiger partial charge in [-0.25, -0.2) is 4.98 Å². The summed E-state index contributed by atoms with van der Waals surface area (Å²) in [4.78, 5) is 15.7. The molecule has 0 unspecified atom stereocenters. The molecule has 0 bridgehead atoms. The largest absolute Gasteiger partial charge is 0.448 e. The first-order valence-electron chi connectivity index (χ1n) is 7.19. The molecule has 0 aromatic carbocycles. The van der Waals surface area contributed by atoms with Crippen LogP contribution in [0.1, 0.15) is 54.8 Å². The maximum absolute atomic E-state index is 11.8. The van der Waals surface area contributed by atoms with Crippen LogP contribution in [0, 0.1) is 6.92 Å². The van der Waals surface area contributed by atoms with Crippen LogP contribution in [0.4, 0.5) is 0 Å². The van der Waals surface area contributed by atoms with Crippen LogP contribution < -0.4 is 10.6 Å². The number of carbonyl (C=O) groups excluding carboxylic acids is 1. The Hall–Kier alpha value is -1.36. The summed E-state index contributed by atoms with van der Waals surface area (Å²) in [5, 5.41) is 6.38. The smallest absolute Gasteiger partial charge is 0.273 e. The summed E-state index contributed by atoms with van der Waals surface area (Å²) in [5.41, 5.74) is 0.384.